The summed E-state index contributed by atoms with van der Waals surface area (Å²) >= 11 is 1.67. The van der Waals surface area contributed by atoms with Crippen molar-refractivity contribution in [3.8, 4) is 0 Å². The van der Waals surface area contributed by atoms with Crippen LogP contribution < -0.4 is 5.73 Å². The van der Waals surface area contributed by atoms with Crippen LogP contribution in [0.4, 0.5) is 5.69 Å². The van der Waals surface area contributed by atoms with E-state index in [1.807, 2.05) is 18.2 Å². The molecule has 20 heavy (non-hydrogen) atoms. The zero-order valence-corrected chi connectivity index (χ0v) is 12.2. The predicted octanol–water partition coefficient (Wildman–Crippen LogP) is 3.98. The second-order valence-electron chi connectivity index (χ2n) is 4.83. The van der Waals surface area contributed by atoms with Crippen LogP contribution in [-0.4, -0.2) is 9.97 Å². The van der Waals surface area contributed by atoms with E-state index in [-0.39, 0.29) is 0 Å². The molecular weight excluding hydrogens is 266 g/mol. The summed E-state index contributed by atoms with van der Waals surface area (Å²) in [4.78, 5) is 9.92. The van der Waals surface area contributed by atoms with Gasteiger partial charge in [0.05, 0.1) is 5.52 Å². The molecule has 0 amide bonds. The Bertz CT molecular complexity index is 784. The van der Waals surface area contributed by atoms with Crippen molar-refractivity contribution < 1.29 is 0 Å². The summed E-state index contributed by atoms with van der Waals surface area (Å²) in [6, 6.07) is 12.2. The lowest BCUT2D eigenvalue weighted by atomic mass is 10.2. The van der Waals surface area contributed by atoms with Crippen LogP contribution >= 0.6 is 11.8 Å². The van der Waals surface area contributed by atoms with Crippen molar-refractivity contribution in [2.24, 2.45) is 0 Å². The topological polar surface area (TPSA) is 51.8 Å². The van der Waals surface area contributed by atoms with Crippen LogP contribution in [0.5, 0.6) is 0 Å². The fourth-order valence-corrected chi connectivity index (χ4v) is 3.12. The van der Waals surface area contributed by atoms with Gasteiger partial charge < -0.3 is 5.73 Å². The fourth-order valence-electron chi connectivity index (χ4n) is 2.05. The highest BCUT2D eigenvalue weighted by atomic mass is 32.2. The van der Waals surface area contributed by atoms with Gasteiger partial charge in [-0.1, -0.05) is 23.9 Å². The van der Waals surface area contributed by atoms with Crippen LogP contribution in [0.2, 0.25) is 0 Å². The molecule has 0 unspecified atom stereocenters. The molecule has 0 aliphatic heterocycles. The van der Waals surface area contributed by atoms with E-state index in [0.717, 1.165) is 21.6 Å². The second-order valence-corrected chi connectivity index (χ2v) is 5.86. The number of nitrogens with two attached hydrogens (primary N) is 1. The molecule has 0 bridgehead atoms. The molecular formula is C16H15N3S. The summed E-state index contributed by atoms with van der Waals surface area (Å²) in [5, 5.41) is 2.00. The van der Waals surface area contributed by atoms with Gasteiger partial charge in [0.15, 0.2) is 0 Å². The van der Waals surface area contributed by atoms with Crippen LogP contribution in [0.15, 0.2) is 52.6 Å². The van der Waals surface area contributed by atoms with Crippen LogP contribution in [-0.2, 0) is 0 Å². The van der Waals surface area contributed by atoms with E-state index in [1.165, 1.54) is 16.0 Å². The minimum atomic E-state index is 0.721. The number of rotatable bonds is 2. The normalized spacial score (nSPS) is 10.9. The van der Waals surface area contributed by atoms with Gasteiger partial charge in [0.2, 0.25) is 0 Å². The summed E-state index contributed by atoms with van der Waals surface area (Å²) in [5.74, 6) is 0. The zero-order valence-electron chi connectivity index (χ0n) is 11.4. The molecule has 0 aliphatic carbocycles. The van der Waals surface area contributed by atoms with Gasteiger partial charge in [-0.25, -0.2) is 9.97 Å². The lowest BCUT2D eigenvalue weighted by molar-refractivity contribution is 1.10. The van der Waals surface area contributed by atoms with E-state index in [1.54, 1.807) is 18.1 Å². The Balaban J connectivity index is 2.09. The summed E-state index contributed by atoms with van der Waals surface area (Å²) in [6.45, 7) is 4.21. The molecule has 0 fully saturated rings. The molecule has 3 aromatic rings. The standard InChI is InChI=1S/C16H15N3S/c1-10-3-4-11(2)15(7-10)20-16-13-6-5-12(17)8-14(13)18-9-19-16/h3-9H,17H2,1-2H3. The third kappa shape index (κ3) is 2.47. The van der Waals surface area contributed by atoms with Gasteiger partial charge >= 0.3 is 0 Å². The number of nitrogen functional groups attached to an aromatic ring is 1. The first-order valence-electron chi connectivity index (χ1n) is 6.39. The molecule has 1 aromatic heterocycles. The maximum Gasteiger partial charge on any atom is 0.117 e. The summed E-state index contributed by atoms with van der Waals surface area (Å²) in [6.07, 6.45) is 1.59. The quantitative estimate of drug-likeness (QED) is 0.570. The van der Waals surface area contributed by atoms with Gasteiger partial charge in [-0.05, 0) is 49.2 Å². The van der Waals surface area contributed by atoms with Crippen molar-refractivity contribution in [2.75, 3.05) is 5.73 Å². The van der Waals surface area contributed by atoms with E-state index in [9.17, 15) is 0 Å². The lowest BCUT2D eigenvalue weighted by Crippen LogP contribution is -1.90. The van der Waals surface area contributed by atoms with Crippen molar-refractivity contribution in [1.82, 2.24) is 9.97 Å². The molecule has 100 valence electrons. The molecule has 3 nitrogen and oxygen atoms in total. The van der Waals surface area contributed by atoms with Gasteiger partial charge in [0, 0.05) is 16.0 Å². The van der Waals surface area contributed by atoms with Crippen LogP contribution in [0, 0.1) is 13.8 Å². The first-order valence-corrected chi connectivity index (χ1v) is 7.20. The second kappa shape index (κ2) is 5.13. The van der Waals surface area contributed by atoms with Crippen molar-refractivity contribution in [3.63, 3.8) is 0 Å². The molecule has 0 atom stereocenters. The van der Waals surface area contributed by atoms with E-state index < -0.39 is 0 Å². The Morgan fingerprint density at radius 3 is 2.70 bits per heavy atom. The molecule has 0 spiro atoms. The Morgan fingerprint density at radius 2 is 1.85 bits per heavy atom. The van der Waals surface area contributed by atoms with Gasteiger partial charge in [-0.3, -0.25) is 0 Å². The van der Waals surface area contributed by atoms with Gasteiger partial charge in [0.25, 0.3) is 0 Å². The third-order valence-corrected chi connectivity index (χ3v) is 4.35. The smallest absolute Gasteiger partial charge is 0.117 e. The lowest BCUT2D eigenvalue weighted by Gasteiger charge is -2.08. The maximum absolute atomic E-state index is 5.80. The molecule has 4 heteroatoms. The third-order valence-electron chi connectivity index (χ3n) is 3.17. The van der Waals surface area contributed by atoms with Crippen molar-refractivity contribution in [1.29, 1.82) is 0 Å². The molecule has 1 heterocycles. The first-order chi connectivity index (χ1) is 9.63. The molecule has 0 saturated carbocycles. The molecule has 3 rings (SSSR count). The largest absolute Gasteiger partial charge is 0.399 e. The van der Waals surface area contributed by atoms with Gasteiger partial charge in [-0.2, -0.15) is 0 Å². The first kappa shape index (κ1) is 12.9. The van der Waals surface area contributed by atoms with Gasteiger partial charge in [-0.15, -0.1) is 0 Å². The zero-order chi connectivity index (χ0) is 14.1. The van der Waals surface area contributed by atoms with E-state index >= 15 is 0 Å². The van der Waals surface area contributed by atoms with E-state index in [0.29, 0.717) is 0 Å². The average Bonchev–Trinajstić information content (AvgIpc) is 2.43. The highest BCUT2D eigenvalue weighted by molar-refractivity contribution is 7.99. The Morgan fingerprint density at radius 1 is 1.00 bits per heavy atom. The van der Waals surface area contributed by atoms with E-state index in [2.05, 4.69) is 42.0 Å². The Labute approximate surface area is 122 Å². The van der Waals surface area contributed by atoms with E-state index in [4.69, 9.17) is 5.73 Å². The predicted molar refractivity (Wildman–Crippen MR) is 84.0 cm³/mol. The highest BCUT2D eigenvalue weighted by Gasteiger charge is 2.08. The summed E-state index contributed by atoms with van der Waals surface area (Å²) in [7, 11) is 0. The summed E-state index contributed by atoms with van der Waals surface area (Å²) < 4.78 is 0. The Kier molecular flexibility index (Phi) is 3.32. The van der Waals surface area contributed by atoms with Crippen LogP contribution in [0.25, 0.3) is 10.9 Å². The number of fused-ring (bicyclic) bond motifs is 1. The molecule has 2 aromatic carbocycles. The number of anilines is 1. The molecule has 0 aliphatic rings. The van der Waals surface area contributed by atoms with Crippen molar-refractivity contribution >= 4 is 28.4 Å². The number of hydrogen-bond acceptors (Lipinski definition) is 4. The number of aromatic nitrogens is 2. The number of hydrogen-bond donors (Lipinski definition) is 1. The average molecular weight is 281 g/mol. The monoisotopic (exact) mass is 281 g/mol. The van der Waals surface area contributed by atoms with Crippen LogP contribution in [0.3, 0.4) is 0 Å². The summed E-state index contributed by atoms with van der Waals surface area (Å²) in [5.41, 5.74) is 9.91. The van der Waals surface area contributed by atoms with Crippen molar-refractivity contribution in [2.45, 2.75) is 23.8 Å². The Hall–Kier alpha value is -2.07. The van der Waals surface area contributed by atoms with Crippen molar-refractivity contribution in [3.05, 3.63) is 53.9 Å². The SMILES string of the molecule is Cc1ccc(C)c(Sc2ncnc3cc(N)ccc23)c1. The number of benzene rings is 2. The number of nitrogens with zero attached hydrogens (tertiary/aromatic N) is 2. The molecule has 0 saturated heterocycles. The minimum absolute atomic E-state index is 0.721. The minimum Gasteiger partial charge on any atom is -0.399 e. The number of aryl methyl sites for hydroxylation is 2. The van der Waals surface area contributed by atoms with Crippen LogP contribution in [0.1, 0.15) is 11.1 Å². The maximum atomic E-state index is 5.80. The van der Waals surface area contributed by atoms with Gasteiger partial charge in [0.1, 0.15) is 11.4 Å². The highest BCUT2D eigenvalue weighted by Crippen LogP contribution is 2.33. The molecule has 0 radical (unpaired) electrons. The fraction of sp³-hybridized carbons (Fsp3) is 0.125. The molecule has 2 N–H and O–H groups in total.